The summed E-state index contributed by atoms with van der Waals surface area (Å²) in [5, 5.41) is 8.18. The summed E-state index contributed by atoms with van der Waals surface area (Å²) in [5.41, 5.74) is 0.965. The van der Waals surface area contributed by atoms with Crippen molar-refractivity contribution in [3.63, 3.8) is 0 Å². The van der Waals surface area contributed by atoms with Gasteiger partial charge in [-0.15, -0.1) is 12.4 Å². The summed E-state index contributed by atoms with van der Waals surface area (Å²) in [5.74, 6) is 0.479. The van der Waals surface area contributed by atoms with E-state index in [4.69, 9.17) is 16.7 Å². The van der Waals surface area contributed by atoms with Gasteiger partial charge in [-0.2, -0.15) is 0 Å². The quantitative estimate of drug-likeness (QED) is 0.855. The number of halogens is 2. The van der Waals surface area contributed by atoms with Crippen LogP contribution in [0.5, 0.6) is 0 Å². The monoisotopic (exact) mass is 238 g/mol. The Kier molecular flexibility index (Phi) is 5.95. The molecule has 5 heteroatoms. The van der Waals surface area contributed by atoms with Crippen LogP contribution < -0.4 is 0 Å². The van der Waals surface area contributed by atoms with Gasteiger partial charge in [0.15, 0.2) is 0 Å². The minimum atomic E-state index is -0.857. The fourth-order valence-corrected chi connectivity index (χ4v) is 1.33. The van der Waals surface area contributed by atoms with Crippen LogP contribution in [-0.2, 0) is 5.75 Å². The smallest absolute Gasteiger partial charge is 0.365 e. The molecule has 1 rings (SSSR count). The Labute approximate surface area is 91.7 Å². The molecule has 0 aliphatic heterocycles. The SMILES string of the molecule is Cl.O=C(O)SCc1ccc(Cl)cc1. The number of carboxylic acid groups (broad SMARTS) is 1. The van der Waals surface area contributed by atoms with Crippen molar-refractivity contribution in [1.29, 1.82) is 0 Å². The zero-order valence-electron chi connectivity index (χ0n) is 6.57. The van der Waals surface area contributed by atoms with E-state index in [0.717, 1.165) is 17.3 Å². The molecule has 0 saturated heterocycles. The van der Waals surface area contributed by atoms with E-state index < -0.39 is 5.30 Å². The number of carbonyl (C=O) groups is 1. The molecule has 0 fully saturated rings. The first kappa shape index (κ1) is 12.6. The normalized spacial score (nSPS) is 9.00. The maximum atomic E-state index is 10.2. The fraction of sp³-hybridized carbons (Fsp3) is 0.125. The van der Waals surface area contributed by atoms with Crippen molar-refractivity contribution in [1.82, 2.24) is 0 Å². The van der Waals surface area contributed by atoms with Crippen LogP contribution in [0.1, 0.15) is 5.56 Å². The standard InChI is InChI=1S/C8H7ClO2S.ClH/c9-7-3-1-6(2-4-7)5-12-8(10)11;/h1-4H,5H2,(H,10,11);1H. The van der Waals surface area contributed by atoms with Crippen molar-refractivity contribution < 1.29 is 9.90 Å². The minimum absolute atomic E-state index is 0. The Morgan fingerprint density at radius 1 is 1.38 bits per heavy atom. The van der Waals surface area contributed by atoms with Crippen LogP contribution in [0.4, 0.5) is 4.79 Å². The summed E-state index contributed by atoms with van der Waals surface area (Å²) < 4.78 is 0. The Morgan fingerprint density at radius 3 is 2.38 bits per heavy atom. The minimum Gasteiger partial charge on any atom is -0.473 e. The van der Waals surface area contributed by atoms with Crippen molar-refractivity contribution in [2.45, 2.75) is 5.75 Å². The van der Waals surface area contributed by atoms with Gasteiger partial charge in [-0.1, -0.05) is 23.7 Å². The Balaban J connectivity index is 0.00000144. The molecule has 0 aliphatic carbocycles. The first-order valence-corrected chi connectivity index (χ1v) is 4.65. The molecule has 1 aromatic carbocycles. The first-order valence-electron chi connectivity index (χ1n) is 3.28. The maximum Gasteiger partial charge on any atom is 0.365 e. The zero-order valence-corrected chi connectivity index (χ0v) is 8.96. The summed E-state index contributed by atoms with van der Waals surface area (Å²) in [7, 11) is 0. The average Bonchev–Trinajstić information content (AvgIpc) is 2.03. The Hall–Kier alpha value is -0.380. The van der Waals surface area contributed by atoms with Crippen LogP contribution in [-0.4, -0.2) is 10.4 Å². The number of benzene rings is 1. The summed E-state index contributed by atoms with van der Waals surface area (Å²) in [6.45, 7) is 0. The molecule has 0 spiro atoms. The lowest BCUT2D eigenvalue weighted by Gasteiger charge is -1.96. The van der Waals surface area contributed by atoms with E-state index in [1.807, 2.05) is 12.1 Å². The van der Waals surface area contributed by atoms with Crippen LogP contribution in [0.2, 0.25) is 5.02 Å². The third-order valence-corrected chi connectivity index (χ3v) is 2.25. The summed E-state index contributed by atoms with van der Waals surface area (Å²) in [6.07, 6.45) is 0. The second-order valence-corrected chi connectivity index (χ2v) is 3.54. The second-order valence-electron chi connectivity index (χ2n) is 2.18. The fourth-order valence-electron chi connectivity index (χ4n) is 0.726. The molecule has 0 aromatic heterocycles. The lowest BCUT2D eigenvalue weighted by atomic mass is 10.2. The van der Waals surface area contributed by atoms with Crippen LogP contribution in [0.25, 0.3) is 0 Å². The molecule has 1 N–H and O–H groups in total. The highest BCUT2D eigenvalue weighted by molar-refractivity contribution is 8.12. The largest absolute Gasteiger partial charge is 0.473 e. The van der Waals surface area contributed by atoms with Crippen LogP contribution in [0.15, 0.2) is 24.3 Å². The van der Waals surface area contributed by atoms with Crippen LogP contribution in [0.3, 0.4) is 0 Å². The molecule has 0 atom stereocenters. The molecule has 0 saturated carbocycles. The molecule has 2 nitrogen and oxygen atoms in total. The van der Waals surface area contributed by atoms with E-state index in [0.29, 0.717) is 10.8 Å². The molecule has 1 aromatic rings. The third-order valence-electron chi connectivity index (χ3n) is 1.28. The van der Waals surface area contributed by atoms with E-state index in [2.05, 4.69) is 0 Å². The van der Waals surface area contributed by atoms with Crippen molar-refractivity contribution in [2.24, 2.45) is 0 Å². The highest BCUT2D eigenvalue weighted by Crippen LogP contribution is 2.15. The molecule has 0 bridgehead atoms. The van der Waals surface area contributed by atoms with Gasteiger partial charge < -0.3 is 5.11 Å². The molecular weight excluding hydrogens is 231 g/mol. The zero-order chi connectivity index (χ0) is 8.97. The van der Waals surface area contributed by atoms with E-state index >= 15 is 0 Å². The Bertz CT molecular complexity index is 274. The molecule has 0 amide bonds. The molecule has 0 aliphatic rings. The molecule has 13 heavy (non-hydrogen) atoms. The highest BCUT2D eigenvalue weighted by Gasteiger charge is 1.98. The van der Waals surface area contributed by atoms with Crippen molar-refractivity contribution in [3.05, 3.63) is 34.9 Å². The number of thioether (sulfide) groups is 1. The van der Waals surface area contributed by atoms with Gasteiger partial charge >= 0.3 is 5.30 Å². The van der Waals surface area contributed by atoms with E-state index in [-0.39, 0.29) is 12.4 Å². The van der Waals surface area contributed by atoms with E-state index in [9.17, 15) is 4.79 Å². The van der Waals surface area contributed by atoms with Gasteiger partial charge in [0.2, 0.25) is 0 Å². The van der Waals surface area contributed by atoms with Crippen molar-refractivity contribution in [2.75, 3.05) is 0 Å². The Morgan fingerprint density at radius 2 is 1.92 bits per heavy atom. The molecule has 0 heterocycles. The van der Waals surface area contributed by atoms with E-state index in [1.54, 1.807) is 12.1 Å². The van der Waals surface area contributed by atoms with Gasteiger partial charge in [0, 0.05) is 10.8 Å². The highest BCUT2D eigenvalue weighted by atomic mass is 35.5. The summed E-state index contributed by atoms with van der Waals surface area (Å²) in [4.78, 5) is 10.2. The summed E-state index contributed by atoms with van der Waals surface area (Å²) >= 11 is 6.52. The van der Waals surface area contributed by atoms with Crippen molar-refractivity contribution in [3.8, 4) is 0 Å². The summed E-state index contributed by atoms with van der Waals surface area (Å²) in [6, 6.07) is 7.13. The number of hydrogen-bond donors (Lipinski definition) is 1. The lowest BCUT2D eigenvalue weighted by Crippen LogP contribution is -1.86. The van der Waals surface area contributed by atoms with Gasteiger partial charge in [-0.3, -0.25) is 0 Å². The van der Waals surface area contributed by atoms with Gasteiger partial charge in [-0.05, 0) is 29.5 Å². The van der Waals surface area contributed by atoms with Gasteiger partial charge in [-0.25, -0.2) is 4.79 Å². The predicted octanol–water partition coefficient (Wildman–Crippen LogP) is 3.67. The third kappa shape index (κ3) is 5.03. The molecule has 0 unspecified atom stereocenters. The molecular formula is C8H8Cl2O2S. The van der Waals surface area contributed by atoms with Crippen molar-refractivity contribution >= 4 is 41.1 Å². The average molecular weight is 239 g/mol. The van der Waals surface area contributed by atoms with Crippen LogP contribution in [0, 0.1) is 0 Å². The number of rotatable bonds is 2. The van der Waals surface area contributed by atoms with Gasteiger partial charge in [0.25, 0.3) is 0 Å². The number of hydrogen-bond acceptors (Lipinski definition) is 2. The van der Waals surface area contributed by atoms with Gasteiger partial charge in [0.05, 0.1) is 0 Å². The predicted molar refractivity (Wildman–Crippen MR) is 58.0 cm³/mol. The molecule has 0 radical (unpaired) electrons. The van der Waals surface area contributed by atoms with Crippen LogP contribution >= 0.6 is 35.8 Å². The first-order chi connectivity index (χ1) is 5.68. The topological polar surface area (TPSA) is 37.3 Å². The lowest BCUT2D eigenvalue weighted by molar-refractivity contribution is 0.222. The van der Waals surface area contributed by atoms with Gasteiger partial charge in [0.1, 0.15) is 0 Å². The van der Waals surface area contributed by atoms with E-state index in [1.165, 1.54) is 0 Å². The maximum absolute atomic E-state index is 10.2. The molecule has 72 valence electrons. The second kappa shape index (κ2) is 6.13.